The Morgan fingerprint density at radius 1 is 1.65 bits per heavy atom. The highest BCUT2D eigenvalue weighted by Crippen LogP contribution is 2.38. The molecule has 1 aromatic heterocycles. The number of halogens is 1. The van der Waals surface area contributed by atoms with Gasteiger partial charge >= 0.3 is 0 Å². The van der Waals surface area contributed by atoms with Crippen molar-refractivity contribution in [3.05, 3.63) is 17.5 Å². The van der Waals surface area contributed by atoms with E-state index in [4.69, 9.17) is 5.73 Å². The predicted octanol–water partition coefficient (Wildman–Crippen LogP) is 1.18. The third kappa shape index (κ3) is 4.02. The zero-order valence-corrected chi connectivity index (χ0v) is 10.9. The summed E-state index contributed by atoms with van der Waals surface area (Å²) in [5, 5.41) is 9.67. The maximum absolute atomic E-state index is 11.7. The molecule has 1 heterocycles. The van der Waals surface area contributed by atoms with Gasteiger partial charge in [-0.05, 0) is 32.8 Å². The number of amides is 1. The summed E-state index contributed by atoms with van der Waals surface area (Å²) in [6.07, 6.45) is 2.39. The molecule has 0 aliphatic heterocycles. The number of nitrogens with two attached hydrogens (primary N) is 1. The molecule has 0 bridgehead atoms. The quantitative estimate of drug-likeness (QED) is 0.758. The maximum atomic E-state index is 11.7. The van der Waals surface area contributed by atoms with Crippen molar-refractivity contribution in [2.24, 2.45) is 5.73 Å². The predicted molar refractivity (Wildman–Crippen MR) is 68.4 cm³/mol. The SMILES string of the molecule is CC(C)(N)CNC(=O)c1cc(C2CC2)[nH]n1.Cl. The number of carbonyl (C=O) groups is 1. The second-order valence-electron chi connectivity index (χ2n) is 5.15. The summed E-state index contributed by atoms with van der Waals surface area (Å²) < 4.78 is 0. The lowest BCUT2D eigenvalue weighted by Crippen LogP contribution is -2.45. The Bertz CT molecular complexity index is 392. The Labute approximate surface area is 107 Å². The summed E-state index contributed by atoms with van der Waals surface area (Å²) in [6, 6.07) is 1.83. The molecule has 0 spiro atoms. The molecule has 1 aliphatic rings. The van der Waals surface area contributed by atoms with Crippen LogP contribution in [0.25, 0.3) is 0 Å². The third-order valence-corrected chi connectivity index (χ3v) is 2.55. The highest BCUT2D eigenvalue weighted by atomic mass is 35.5. The molecular weight excluding hydrogens is 240 g/mol. The minimum absolute atomic E-state index is 0. The van der Waals surface area contributed by atoms with Crippen molar-refractivity contribution in [2.75, 3.05) is 6.54 Å². The van der Waals surface area contributed by atoms with E-state index >= 15 is 0 Å². The number of carbonyl (C=O) groups excluding carboxylic acids is 1. The largest absolute Gasteiger partial charge is 0.349 e. The molecule has 96 valence electrons. The van der Waals surface area contributed by atoms with Gasteiger partial charge in [0, 0.05) is 23.7 Å². The first kappa shape index (κ1) is 14.0. The van der Waals surface area contributed by atoms with Crippen molar-refractivity contribution in [1.82, 2.24) is 15.5 Å². The second-order valence-corrected chi connectivity index (χ2v) is 5.15. The molecule has 4 N–H and O–H groups in total. The zero-order chi connectivity index (χ0) is 11.8. The van der Waals surface area contributed by atoms with Crippen LogP contribution in [0, 0.1) is 0 Å². The first-order valence-corrected chi connectivity index (χ1v) is 5.58. The highest BCUT2D eigenvalue weighted by Gasteiger charge is 2.26. The van der Waals surface area contributed by atoms with Crippen LogP contribution in [0.5, 0.6) is 0 Å². The van der Waals surface area contributed by atoms with Gasteiger partial charge in [0.2, 0.25) is 0 Å². The summed E-state index contributed by atoms with van der Waals surface area (Å²) >= 11 is 0. The van der Waals surface area contributed by atoms with Crippen LogP contribution in [-0.2, 0) is 0 Å². The van der Waals surface area contributed by atoms with Crippen molar-refractivity contribution >= 4 is 18.3 Å². The second kappa shape index (κ2) is 5.06. The van der Waals surface area contributed by atoms with Crippen molar-refractivity contribution in [3.8, 4) is 0 Å². The highest BCUT2D eigenvalue weighted by molar-refractivity contribution is 5.92. The molecule has 0 atom stereocenters. The fourth-order valence-corrected chi connectivity index (χ4v) is 1.46. The first-order chi connectivity index (χ1) is 7.46. The van der Waals surface area contributed by atoms with E-state index in [0.29, 0.717) is 18.2 Å². The van der Waals surface area contributed by atoms with E-state index < -0.39 is 5.54 Å². The van der Waals surface area contributed by atoms with Gasteiger partial charge < -0.3 is 11.1 Å². The molecular formula is C11H19ClN4O. The molecule has 1 fully saturated rings. The maximum Gasteiger partial charge on any atom is 0.271 e. The first-order valence-electron chi connectivity index (χ1n) is 5.58. The zero-order valence-electron chi connectivity index (χ0n) is 10.1. The van der Waals surface area contributed by atoms with Gasteiger partial charge in [-0.25, -0.2) is 0 Å². The summed E-state index contributed by atoms with van der Waals surface area (Å²) in [5.74, 6) is 0.418. The number of aromatic nitrogens is 2. The van der Waals surface area contributed by atoms with Crippen molar-refractivity contribution in [1.29, 1.82) is 0 Å². The Hall–Kier alpha value is -1.07. The van der Waals surface area contributed by atoms with Crippen molar-refractivity contribution in [3.63, 3.8) is 0 Å². The Morgan fingerprint density at radius 3 is 2.82 bits per heavy atom. The molecule has 0 aromatic carbocycles. The van der Waals surface area contributed by atoms with E-state index in [-0.39, 0.29) is 18.3 Å². The van der Waals surface area contributed by atoms with E-state index in [9.17, 15) is 4.79 Å². The summed E-state index contributed by atoms with van der Waals surface area (Å²) in [7, 11) is 0. The molecule has 5 nitrogen and oxygen atoms in total. The van der Waals surface area contributed by atoms with Crippen LogP contribution in [0.1, 0.15) is 48.8 Å². The molecule has 2 rings (SSSR count). The van der Waals surface area contributed by atoms with Crippen molar-refractivity contribution in [2.45, 2.75) is 38.1 Å². The average molecular weight is 259 g/mol. The Morgan fingerprint density at radius 2 is 2.29 bits per heavy atom. The van der Waals surface area contributed by atoms with Gasteiger partial charge in [-0.2, -0.15) is 5.10 Å². The number of hydrogen-bond acceptors (Lipinski definition) is 3. The molecule has 0 saturated heterocycles. The number of aromatic amines is 1. The van der Waals surface area contributed by atoms with Gasteiger partial charge in [-0.3, -0.25) is 9.89 Å². The number of hydrogen-bond donors (Lipinski definition) is 3. The average Bonchev–Trinajstić information content (AvgIpc) is 2.92. The lowest BCUT2D eigenvalue weighted by atomic mass is 10.1. The smallest absolute Gasteiger partial charge is 0.271 e. The van der Waals surface area contributed by atoms with E-state index in [2.05, 4.69) is 15.5 Å². The van der Waals surface area contributed by atoms with Crippen LogP contribution in [0.3, 0.4) is 0 Å². The molecule has 0 radical (unpaired) electrons. The van der Waals surface area contributed by atoms with Crippen LogP contribution in [0.4, 0.5) is 0 Å². The van der Waals surface area contributed by atoms with E-state index in [0.717, 1.165) is 5.69 Å². The van der Waals surface area contributed by atoms with Crippen molar-refractivity contribution < 1.29 is 4.79 Å². The number of nitrogens with zero attached hydrogens (tertiary/aromatic N) is 1. The molecule has 1 aromatic rings. The Kier molecular flexibility index (Phi) is 4.16. The van der Waals surface area contributed by atoms with Crippen LogP contribution in [-0.4, -0.2) is 28.2 Å². The molecule has 1 saturated carbocycles. The fraction of sp³-hybridized carbons (Fsp3) is 0.636. The number of rotatable bonds is 4. The molecule has 0 unspecified atom stereocenters. The van der Waals surface area contributed by atoms with E-state index in [1.54, 1.807) is 0 Å². The number of H-pyrrole nitrogens is 1. The van der Waals surface area contributed by atoms with Gasteiger partial charge in [-0.15, -0.1) is 12.4 Å². The minimum Gasteiger partial charge on any atom is -0.349 e. The number of nitrogens with one attached hydrogen (secondary N) is 2. The molecule has 1 aliphatic carbocycles. The topological polar surface area (TPSA) is 83.8 Å². The molecule has 1 amide bonds. The van der Waals surface area contributed by atoms with Gasteiger partial charge in [0.15, 0.2) is 0 Å². The fourth-order valence-electron chi connectivity index (χ4n) is 1.46. The van der Waals surface area contributed by atoms with E-state index in [1.807, 2.05) is 19.9 Å². The van der Waals surface area contributed by atoms with Gasteiger partial charge in [-0.1, -0.05) is 0 Å². The lowest BCUT2D eigenvalue weighted by molar-refractivity contribution is 0.0941. The normalized spacial score (nSPS) is 15.2. The van der Waals surface area contributed by atoms with Gasteiger partial charge in [0.25, 0.3) is 5.91 Å². The summed E-state index contributed by atoms with van der Waals surface area (Å²) in [5.41, 5.74) is 6.90. The van der Waals surface area contributed by atoms with Crippen LogP contribution in [0.15, 0.2) is 6.07 Å². The third-order valence-electron chi connectivity index (χ3n) is 2.55. The van der Waals surface area contributed by atoms with Gasteiger partial charge in [0.05, 0.1) is 0 Å². The van der Waals surface area contributed by atoms with Gasteiger partial charge in [0.1, 0.15) is 5.69 Å². The minimum atomic E-state index is -0.398. The van der Waals surface area contributed by atoms with Crippen LogP contribution in [0.2, 0.25) is 0 Å². The van der Waals surface area contributed by atoms with Crippen LogP contribution < -0.4 is 11.1 Å². The summed E-state index contributed by atoms with van der Waals surface area (Å²) in [4.78, 5) is 11.7. The standard InChI is InChI=1S/C11H18N4O.ClH/c1-11(2,12)6-13-10(16)9-5-8(14-15-9)7-3-4-7;/h5,7H,3-4,6,12H2,1-2H3,(H,13,16)(H,14,15);1H. The van der Waals surface area contributed by atoms with E-state index in [1.165, 1.54) is 12.8 Å². The lowest BCUT2D eigenvalue weighted by Gasteiger charge is -2.18. The van der Waals surface area contributed by atoms with Crippen LogP contribution >= 0.6 is 12.4 Å². The summed E-state index contributed by atoms with van der Waals surface area (Å²) in [6.45, 7) is 4.18. The Balaban J connectivity index is 0.00000144. The molecule has 17 heavy (non-hydrogen) atoms. The molecule has 6 heteroatoms. The monoisotopic (exact) mass is 258 g/mol.